The van der Waals surface area contributed by atoms with Crippen LogP contribution in [-0.2, 0) is 0 Å². The molecule has 5 heteroatoms. The average molecular weight is 267 g/mol. The summed E-state index contributed by atoms with van der Waals surface area (Å²) < 4.78 is 1.66. The summed E-state index contributed by atoms with van der Waals surface area (Å²) >= 11 is 0. The fraction of sp³-hybridized carbons (Fsp3) is 0.133. The van der Waals surface area contributed by atoms with Crippen molar-refractivity contribution in [3.05, 3.63) is 53.1 Å². The van der Waals surface area contributed by atoms with Gasteiger partial charge in [0.1, 0.15) is 5.52 Å². The minimum absolute atomic E-state index is 0.227. The number of aromatic carboxylic acids is 1. The van der Waals surface area contributed by atoms with Gasteiger partial charge in [-0.05, 0) is 55.3 Å². The third kappa shape index (κ3) is 1.93. The van der Waals surface area contributed by atoms with Crippen molar-refractivity contribution >= 4 is 17.0 Å². The summed E-state index contributed by atoms with van der Waals surface area (Å²) in [6.45, 7) is 4.07. The van der Waals surface area contributed by atoms with Crippen molar-refractivity contribution in [2.24, 2.45) is 0 Å². The largest absolute Gasteiger partial charge is 0.478 e. The molecule has 0 aliphatic rings. The van der Waals surface area contributed by atoms with E-state index in [4.69, 9.17) is 5.11 Å². The van der Waals surface area contributed by atoms with E-state index >= 15 is 0 Å². The number of carbonyl (C=O) groups is 1. The Balaban J connectivity index is 2.22. The Morgan fingerprint density at radius 3 is 2.60 bits per heavy atom. The third-order valence-electron chi connectivity index (χ3n) is 3.43. The van der Waals surface area contributed by atoms with Crippen molar-refractivity contribution in [3.63, 3.8) is 0 Å². The van der Waals surface area contributed by atoms with Crippen LogP contribution < -0.4 is 0 Å². The lowest BCUT2D eigenvalue weighted by Gasteiger charge is -2.06. The Hall–Kier alpha value is -2.69. The molecule has 1 aromatic heterocycles. The van der Waals surface area contributed by atoms with E-state index in [9.17, 15) is 4.79 Å². The molecule has 100 valence electrons. The molecule has 0 saturated heterocycles. The van der Waals surface area contributed by atoms with Crippen LogP contribution in [0.3, 0.4) is 0 Å². The van der Waals surface area contributed by atoms with Crippen LogP contribution in [0, 0.1) is 13.8 Å². The van der Waals surface area contributed by atoms with Gasteiger partial charge in [-0.1, -0.05) is 11.3 Å². The zero-order valence-electron chi connectivity index (χ0n) is 11.2. The molecule has 0 aliphatic carbocycles. The van der Waals surface area contributed by atoms with E-state index in [0.29, 0.717) is 11.0 Å². The second kappa shape index (κ2) is 4.45. The predicted molar refractivity (Wildman–Crippen MR) is 75.3 cm³/mol. The Morgan fingerprint density at radius 2 is 1.90 bits per heavy atom. The van der Waals surface area contributed by atoms with E-state index in [1.165, 1.54) is 11.6 Å². The van der Waals surface area contributed by atoms with Gasteiger partial charge in [-0.3, -0.25) is 0 Å². The number of hydrogen-bond acceptors (Lipinski definition) is 3. The lowest BCUT2D eigenvalue weighted by Crippen LogP contribution is -2.00. The molecule has 0 amide bonds. The number of aromatic nitrogens is 3. The van der Waals surface area contributed by atoms with Crippen molar-refractivity contribution in [2.75, 3.05) is 0 Å². The molecule has 0 fully saturated rings. The van der Waals surface area contributed by atoms with E-state index in [1.807, 2.05) is 32.0 Å². The van der Waals surface area contributed by atoms with Gasteiger partial charge in [0.2, 0.25) is 0 Å². The Morgan fingerprint density at radius 1 is 1.10 bits per heavy atom. The number of aryl methyl sites for hydroxylation is 2. The van der Waals surface area contributed by atoms with Gasteiger partial charge < -0.3 is 5.11 Å². The fourth-order valence-electron chi connectivity index (χ4n) is 2.10. The van der Waals surface area contributed by atoms with Crippen LogP contribution in [0.4, 0.5) is 0 Å². The molecule has 5 nitrogen and oxygen atoms in total. The lowest BCUT2D eigenvalue weighted by molar-refractivity contribution is 0.0697. The molecular weight excluding hydrogens is 254 g/mol. The van der Waals surface area contributed by atoms with Gasteiger partial charge in [0.15, 0.2) is 0 Å². The molecule has 0 atom stereocenters. The van der Waals surface area contributed by atoms with Gasteiger partial charge in [0.05, 0.1) is 16.8 Å². The van der Waals surface area contributed by atoms with Gasteiger partial charge in [0.25, 0.3) is 0 Å². The first-order valence-electron chi connectivity index (χ1n) is 6.22. The highest BCUT2D eigenvalue weighted by Crippen LogP contribution is 2.20. The predicted octanol–water partition coefficient (Wildman–Crippen LogP) is 2.74. The van der Waals surface area contributed by atoms with Crippen molar-refractivity contribution in [3.8, 4) is 5.69 Å². The average Bonchev–Trinajstić information content (AvgIpc) is 2.84. The summed E-state index contributed by atoms with van der Waals surface area (Å²) in [6.07, 6.45) is 0. The molecule has 0 unspecified atom stereocenters. The molecule has 1 N–H and O–H groups in total. The summed E-state index contributed by atoms with van der Waals surface area (Å²) in [5.41, 5.74) is 4.81. The molecule has 20 heavy (non-hydrogen) atoms. The second-order valence-corrected chi connectivity index (χ2v) is 4.78. The molecule has 0 bridgehead atoms. The maximum absolute atomic E-state index is 11.1. The van der Waals surface area contributed by atoms with Crippen molar-refractivity contribution < 1.29 is 9.90 Å². The molecule has 0 radical (unpaired) electrons. The lowest BCUT2D eigenvalue weighted by atomic mass is 10.1. The van der Waals surface area contributed by atoms with Crippen LogP contribution in [-0.4, -0.2) is 26.1 Å². The van der Waals surface area contributed by atoms with Gasteiger partial charge in [-0.25, -0.2) is 9.48 Å². The van der Waals surface area contributed by atoms with Crippen LogP contribution in [0.1, 0.15) is 21.5 Å². The van der Waals surface area contributed by atoms with Crippen LogP contribution in [0.2, 0.25) is 0 Å². The number of carboxylic acid groups (broad SMARTS) is 1. The zero-order valence-corrected chi connectivity index (χ0v) is 11.2. The second-order valence-electron chi connectivity index (χ2n) is 4.78. The summed E-state index contributed by atoms with van der Waals surface area (Å²) in [5, 5.41) is 17.3. The number of fused-ring (bicyclic) bond motifs is 1. The number of nitrogens with zero attached hydrogens (tertiary/aromatic N) is 3. The number of benzene rings is 2. The molecule has 3 rings (SSSR count). The molecule has 1 heterocycles. The monoisotopic (exact) mass is 267 g/mol. The quantitative estimate of drug-likeness (QED) is 0.775. The fourth-order valence-corrected chi connectivity index (χ4v) is 2.10. The van der Waals surface area contributed by atoms with E-state index in [0.717, 1.165) is 11.3 Å². The number of carboxylic acids is 1. The summed E-state index contributed by atoms with van der Waals surface area (Å²) in [6, 6.07) is 10.8. The zero-order chi connectivity index (χ0) is 14.3. The normalized spacial score (nSPS) is 10.9. The maximum atomic E-state index is 11.1. The van der Waals surface area contributed by atoms with E-state index < -0.39 is 5.97 Å². The van der Waals surface area contributed by atoms with Crippen LogP contribution in [0.15, 0.2) is 36.4 Å². The minimum atomic E-state index is -0.959. The Bertz CT molecular complexity index is 821. The first-order chi connectivity index (χ1) is 9.56. The highest BCUT2D eigenvalue weighted by molar-refractivity contribution is 5.92. The highest BCUT2D eigenvalue weighted by Gasteiger charge is 2.10. The smallest absolute Gasteiger partial charge is 0.335 e. The Labute approximate surface area is 115 Å². The van der Waals surface area contributed by atoms with Gasteiger partial charge in [-0.15, -0.1) is 5.10 Å². The summed E-state index contributed by atoms with van der Waals surface area (Å²) in [5.74, 6) is -0.959. The SMILES string of the molecule is Cc1ccc(-n2nnc3ccc(C(=O)O)cc32)cc1C. The summed E-state index contributed by atoms with van der Waals surface area (Å²) in [4.78, 5) is 11.1. The standard InChI is InChI=1S/C15H13N3O2/c1-9-3-5-12(7-10(9)2)18-14-8-11(15(19)20)4-6-13(14)16-17-18/h3-8H,1-2H3,(H,19,20). The molecule has 2 aromatic carbocycles. The molecule has 0 saturated carbocycles. The number of hydrogen-bond donors (Lipinski definition) is 1. The molecule has 0 aliphatic heterocycles. The summed E-state index contributed by atoms with van der Waals surface area (Å²) in [7, 11) is 0. The van der Waals surface area contributed by atoms with Crippen molar-refractivity contribution in [1.82, 2.24) is 15.0 Å². The topological polar surface area (TPSA) is 68.0 Å². The van der Waals surface area contributed by atoms with E-state index in [2.05, 4.69) is 10.3 Å². The van der Waals surface area contributed by atoms with E-state index in [-0.39, 0.29) is 5.56 Å². The van der Waals surface area contributed by atoms with Crippen LogP contribution in [0.5, 0.6) is 0 Å². The third-order valence-corrected chi connectivity index (χ3v) is 3.43. The van der Waals surface area contributed by atoms with Crippen LogP contribution >= 0.6 is 0 Å². The van der Waals surface area contributed by atoms with Crippen molar-refractivity contribution in [2.45, 2.75) is 13.8 Å². The van der Waals surface area contributed by atoms with Gasteiger partial charge in [-0.2, -0.15) is 0 Å². The Kier molecular flexibility index (Phi) is 2.75. The number of rotatable bonds is 2. The maximum Gasteiger partial charge on any atom is 0.335 e. The van der Waals surface area contributed by atoms with Gasteiger partial charge in [0, 0.05) is 0 Å². The van der Waals surface area contributed by atoms with E-state index in [1.54, 1.807) is 16.8 Å². The first-order valence-corrected chi connectivity index (χ1v) is 6.22. The van der Waals surface area contributed by atoms with Gasteiger partial charge >= 0.3 is 5.97 Å². The van der Waals surface area contributed by atoms with Crippen molar-refractivity contribution in [1.29, 1.82) is 0 Å². The molecule has 0 spiro atoms. The highest BCUT2D eigenvalue weighted by atomic mass is 16.4. The molecule has 3 aromatic rings. The minimum Gasteiger partial charge on any atom is -0.478 e. The molecular formula is C15H13N3O2. The van der Waals surface area contributed by atoms with Crippen LogP contribution in [0.25, 0.3) is 16.7 Å². The first kappa shape index (κ1) is 12.3.